The molecular weight excluding hydrogens is 287 g/mol. The molecule has 0 heterocycles. The highest BCUT2D eigenvalue weighted by molar-refractivity contribution is 7.80. The van der Waals surface area contributed by atoms with Crippen molar-refractivity contribution in [1.29, 1.82) is 0 Å². The van der Waals surface area contributed by atoms with Crippen LogP contribution in [0.4, 0.5) is 22.0 Å². The SMILES string of the molecule is CC(CCS)CCOc1c(F)c(F)c(F)c(F)c1F. The largest absolute Gasteiger partial charge is 0.487 e. The maximum absolute atomic E-state index is 13.2. The molecule has 19 heavy (non-hydrogen) atoms. The maximum Gasteiger partial charge on any atom is 0.206 e. The first-order chi connectivity index (χ1) is 8.90. The van der Waals surface area contributed by atoms with E-state index in [-0.39, 0.29) is 12.5 Å². The first kappa shape index (κ1) is 16.1. The minimum atomic E-state index is -2.19. The summed E-state index contributed by atoms with van der Waals surface area (Å²) in [7, 11) is 0. The Balaban J connectivity index is 2.79. The molecule has 0 aliphatic carbocycles. The highest BCUT2D eigenvalue weighted by Crippen LogP contribution is 2.29. The number of rotatable bonds is 6. The van der Waals surface area contributed by atoms with Crippen molar-refractivity contribution in [3.63, 3.8) is 0 Å². The summed E-state index contributed by atoms with van der Waals surface area (Å²) in [6, 6.07) is 0. The van der Waals surface area contributed by atoms with Gasteiger partial charge in [0, 0.05) is 0 Å². The molecule has 0 amide bonds. The molecule has 1 atom stereocenters. The molecule has 0 aliphatic heterocycles. The highest BCUT2D eigenvalue weighted by atomic mass is 32.1. The summed E-state index contributed by atoms with van der Waals surface area (Å²) in [4.78, 5) is 0. The zero-order valence-corrected chi connectivity index (χ0v) is 11.0. The number of hydrogen-bond acceptors (Lipinski definition) is 2. The number of benzene rings is 1. The Hall–Kier alpha value is -0.980. The molecule has 0 saturated heterocycles. The molecule has 1 aromatic carbocycles. The molecule has 1 rings (SSSR count). The van der Waals surface area contributed by atoms with Crippen molar-refractivity contribution in [2.45, 2.75) is 19.8 Å². The first-order valence-electron chi connectivity index (χ1n) is 5.65. The van der Waals surface area contributed by atoms with Gasteiger partial charge in [-0.1, -0.05) is 6.92 Å². The Morgan fingerprint density at radius 3 is 1.84 bits per heavy atom. The summed E-state index contributed by atoms with van der Waals surface area (Å²) < 4.78 is 69.6. The van der Waals surface area contributed by atoms with E-state index in [9.17, 15) is 22.0 Å². The van der Waals surface area contributed by atoms with E-state index in [1.165, 1.54) is 0 Å². The van der Waals surface area contributed by atoms with E-state index in [1.54, 1.807) is 0 Å². The second kappa shape index (κ2) is 6.98. The summed E-state index contributed by atoms with van der Waals surface area (Å²) in [6.45, 7) is 1.74. The van der Waals surface area contributed by atoms with Crippen molar-refractivity contribution in [2.24, 2.45) is 5.92 Å². The van der Waals surface area contributed by atoms with Crippen LogP contribution in [0, 0.1) is 35.0 Å². The summed E-state index contributed by atoms with van der Waals surface area (Å²) in [5.41, 5.74) is 0. The molecule has 0 aliphatic rings. The van der Waals surface area contributed by atoms with Gasteiger partial charge in [0.05, 0.1) is 6.61 Å². The Labute approximate surface area is 113 Å². The van der Waals surface area contributed by atoms with Crippen LogP contribution < -0.4 is 4.74 Å². The van der Waals surface area contributed by atoms with Gasteiger partial charge in [-0.25, -0.2) is 13.2 Å². The lowest BCUT2D eigenvalue weighted by Crippen LogP contribution is -2.10. The molecule has 1 nitrogen and oxygen atoms in total. The summed E-state index contributed by atoms with van der Waals surface area (Å²) >= 11 is 4.02. The topological polar surface area (TPSA) is 9.23 Å². The van der Waals surface area contributed by atoms with Gasteiger partial charge in [-0.2, -0.15) is 21.4 Å². The highest BCUT2D eigenvalue weighted by Gasteiger charge is 2.26. The van der Waals surface area contributed by atoms with Crippen LogP contribution in [0.25, 0.3) is 0 Å². The van der Waals surface area contributed by atoms with Crippen LogP contribution in [0.15, 0.2) is 0 Å². The second-order valence-electron chi connectivity index (χ2n) is 4.15. The smallest absolute Gasteiger partial charge is 0.206 e. The Morgan fingerprint density at radius 1 is 0.895 bits per heavy atom. The van der Waals surface area contributed by atoms with Crippen LogP contribution in [0.1, 0.15) is 19.8 Å². The van der Waals surface area contributed by atoms with Gasteiger partial charge < -0.3 is 4.74 Å². The van der Waals surface area contributed by atoms with Gasteiger partial charge in [0.2, 0.25) is 29.1 Å². The van der Waals surface area contributed by atoms with Crippen LogP contribution in [-0.2, 0) is 0 Å². The van der Waals surface area contributed by atoms with Crippen molar-refractivity contribution < 1.29 is 26.7 Å². The van der Waals surface area contributed by atoms with E-state index < -0.39 is 34.8 Å². The molecule has 0 fully saturated rings. The fourth-order valence-corrected chi connectivity index (χ4v) is 1.88. The standard InChI is InChI=1S/C12H13F5OS/c1-6(3-5-19)2-4-18-12-10(16)8(14)7(13)9(15)11(12)17/h6,19H,2-5H2,1H3. The number of thiol groups is 1. The van der Waals surface area contributed by atoms with Gasteiger partial charge in [-0.15, -0.1) is 0 Å². The third-order valence-corrected chi connectivity index (χ3v) is 2.91. The lowest BCUT2D eigenvalue weighted by molar-refractivity contribution is 0.242. The van der Waals surface area contributed by atoms with Gasteiger partial charge in [0.15, 0.2) is 5.75 Å². The van der Waals surface area contributed by atoms with Crippen LogP contribution in [-0.4, -0.2) is 12.4 Å². The maximum atomic E-state index is 13.2. The minimum Gasteiger partial charge on any atom is -0.487 e. The van der Waals surface area contributed by atoms with Gasteiger partial charge in [-0.05, 0) is 24.5 Å². The molecule has 1 unspecified atom stereocenters. The second-order valence-corrected chi connectivity index (χ2v) is 4.60. The van der Waals surface area contributed by atoms with Crippen LogP contribution in [0.5, 0.6) is 5.75 Å². The van der Waals surface area contributed by atoms with Gasteiger partial charge in [0.1, 0.15) is 0 Å². The van der Waals surface area contributed by atoms with E-state index >= 15 is 0 Å². The quantitative estimate of drug-likeness (QED) is 0.360. The van der Waals surface area contributed by atoms with Crippen molar-refractivity contribution >= 4 is 12.6 Å². The molecule has 0 bridgehead atoms. The minimum absolute atomic E-state index is 0.132. The molecule has 0 aromatic heterocycles. The molecule has 0 N–H and O–H groups in total. The Kier molecular flexibility index (Phi) is 5.90. The molecule has 0 spiro atoms. The summed E-state index contributed by atoms with van der Waals surface area (Å²) in [5.74, 6) is -10.5. The van der Waals surface area contributed by atoms with Crippen LogP contribution in [0.3, 0.4) is 0 Å². The predicted octanol–water partition coefficient (Wildman–Crippen LogP) is 4.11. The van der Waals surface area contributed by atoms with E-state index in [4.69, 9.17) is 0 Å². The third kappa shape index (κ3) is 3.75. The van der Waals surface area contributed by atoms with E-state index in [2.05, 4.69) is 17.4 Å². The van der Waals surface area contributed by atoms with E-state index in [0.717, 1.165) is 6.42 Å². The average Bonchev–Trinajstić information content (AvgIpc) is 2.38. The normalized spacial score (nSPS) is 12.6. The average molecular weight is 300 g/mol. The van der Waals surface area contributed by atoms with E-state index in [1.807, 2.05) is 6.92 Å². The van der Waals surface area contributed by atoms with Crippen LogP contribution >= 0.6 is 12.6 Å². The molecule has 0 radical (unpaired) electrons. The Bertz CT molecular complexity index is 423. The number of ether oxygens (including phenoxy) is 1. The lowest BCUT2D eigenvalue weighted by Gasteiger charge is -2.13. The monoisotopic (exact) mass is 300 g/mol. The summed E-state index contributed by atoms with van der Waals surface area (Å²) in [5, 5.41) is 0. The fourth-order valence-electron chi connectivity index (χ4n) is 1.44. The van der Waals surface area contributed by atoms with Crippen LogP contribution in [0.2, 0.25) is 0 Å². The van der Waals surface area contributed by atoms with Crippen molar-refractivity contribution in [3.05, 3.63) is 29.1 Å². The van der Waals surface area contributed by atoms with Gasteiger partial charge in [-0.3, -0.25) is 0 Å². The fraction of sp³-hybridized carbons (Fsp3) is 0.500. The van der Waals surface area contributed by atoms with Gasteiger partial charge in [0.25, 0.3) is 0 Å². The molecular formula is C12H13F5OS. The van der Waals surface area contributed by atoms with E-state index in [0.29, 0.717) is 12.2 Å². The molecule has 108 valence electrons. The number of halogens is 5. The van der Waals surface area contributed by atoms with Gasteiger partial charge >= 0.3 is 0 Å². The predicted molar refractivity (Wildman–Crippen MR) is 64.0 cm³/mol. The van der Waals surface area contributed by atoms with Crippen molar-refractivity contribution in [1.82, 2.24) is 0 Å². The number of hydrogen-bond donors (Lipinski definition) is 1. The summed E-state index contributed by atoms with van der Waals surface area (Å²) in [6.07, 6.45) is 1.20. The third-order valence-electron chi connectivity index (χ3n) is 2.65. The Morgan fingerprint density at radius 2 is 1.37 bits per heavy atom. The molecule has 1 aromatic rings. The zero-order chi connectivity index (χ0) is 14.6. The zero-order valence-electron chi connectivity index (χ0n) is 10.2. The van der Waals surface area contributed by atoms with Crippen molar-refractivity contribution in [2.75, 3.05) is 12.4 Å². The first-order valence-corrected chi connectivity index (χ1v) is 6.28. The lowest BCUT2D eigenvalue weighted by atomic mass is 10.1. The van der Waals surface area contributed by atoms with Crippen molar-refractivity contribution in [3.8, 4) is 5.75 Å². The molecule has 7 heteroatoms. The molecule has 0 saturated carbocycles.